The van der Waals surface area contributed by atoms with E-state index in [0.29, 0.717) is 24.5 Å². The van der Waals surface area contributed by atoms with Gasteiger partial charge in [-0.25, -0.2) is 4.79 Å². The SMILES string of the molecule is CCCCc1ccc(C#Cc2ccc(CN(Cc3ccc(OCC(=O)OC)cc3)C(=O)c3n[nH]c4ccccc34)cc2)cc1. The number of nitrogens with zero attached hydrogens (tertiary/aromatic N) is 2. The van der Waals surface area contributed by atoms with E-state index in [1.807, 2.05) is 60.7 Å². The fourth-order valence-electron chi connectivity index (χ4n) is 4.78. The number of para-hydroxylation sites is 1. The lowest BCUT2D eigenvalue weighted by Gasteiger charge is -2.22. The van der Waals surface area contributed by atoms with E-state index in [0.717, 1.165) is 39.6 Å². The Morgan fingerprint density at radius 1 is 0.795 bits per heavy atom. The zero-order valence-corrected chi connectivity index (χ0v) is 25.0. The van der Waals surface area contributed by atoms with Gasteiger partial charge in [0.05, 0.1) is 12.6 Å². The molecule has 0 atom stereocenters. The number of carbonyl (C=O) groups excluding carboxylic acids is 2. The first-order valence-electron chi connectivity index (χ1n) is 14.7. The van der Waals surface area contributed by atoms with Crippen LogP contribution in [0.3, 0.4) is 0 Å². The average molecular weight is 586 g/mol. The number of carbonyl (C=O) groups is 2. The van der Waals surface area contributed by atoms with Gasteiger partial charge < -0.3 is 14.4 Å². The topological polar surface area (TPSA) is 84.5 Å². The number of H-pyrrole nitrogens is 1. The van der Waals surface area contributed by atoms with Crippen molar-refractivity contribution in [1.82, 2.24) is 15.1 Å². The van der Waals surface area contributed by atoms with Crippen LogP contribution in [0.15, 0.2) is 97.1 Å². The van der Waals surface area contributed by atoms with Crippen LogP contribution in [-0.4, -0.2) is 40.7 Å². The summed E-state index contributed by atoms with van der Waals surface area (Å²) < 4.78 is 10.1. The van der Waals surface area contributed by atoms with E-state index in [-0.39, 0.29) is 12.5 Å². The molecule has 0 spiro atoms. The van der Waals surface area contributed by atoms with Gasteiger partial charge in [-0.3, -0.25) is 9.89 Å². The number of nitrogens with one attached hydrogen (secondary N) is 1. The molecule has 222 valence electrons. The van der Waals surface area contributed by atoms with Gasteiger partial charge in [-0.2, -0.15) is 5.10 Å². The minimum atomic E-state index is -0.453. The summed E-state index contributed by atoms with van der Waals surface area (Å²) in [5.74, 6) is 6.41. The minimum absolute atomic E-state index is 0.168. The van der Waals surface area contributed by atoms with Gasteiger partial charge in [-0.05, 0) is 72.0 Å². The third-order valence-electron chi connectivity index (χ3n) is 7.29. The van der Waals surface area contributed by atoms with Crippen molar-refractivity contribution in [1.29, 1.82) is 0 Å². The smallest absolute Gasteiger partial charge is 0.343 e. The molecule has 7 nitrogen and oxygen atoms in total. The highest BCUT2D eigenvalue weighted by molar-refractivity contribution is 6.04. The lowest BCUT2D eigenvalue weighted by Crippen LogP contribution is -2.30. The molecular weight excluding hydrogens is 550 g/mol. The fourth-order valence-corrected chi connectivity index (χ4v) is 4.78. The summed E-state index contributed by atoms with van der Waals surface area (Å²) in [6.45, 7) is 2.77. The Kier molecular flexibility index (Phi) is 10.1. The number of hydrogen-bond donors (Lipinski definition) is 1. The zero-order chi connectivity index (χ0) is 30.7. The monoisotopic (exact) mass is 585 g/mol. The van der Waals surface area contributed by atoms with Crippen LogP contribution in [0.5, 0.6) is 5.75 Å². The predicted molar refractivity (Wildman–Crippen MR) is 171 cm³/mol. The van der Waals surface area contributed by atoms with Gasteiger partial charge >= 0.3 is 5.97 Å². The Labute approximate surface area is 257 Å². The van der Waals surface area contributed by atoms with Crippen LogP contribution in [0, 0.1) is 11.8 Å². The number of fused-ring (bicyclic) bond motifs is 1. The van der Waals surface area contributed by atoms with Gasteiger partial charge in [0.1, 0.15) is 5.75 Å². The van der Waals surface area contributed by atoms with E-state index < -0.39 is 5.97 Å². The maximum absolute atomic E-state index is 13.9. The Morgan fingerprint density at radius 2 is 1.39 bits per heavy atom. The van der Waals surface area contributed by atoms with Gasteiger partial charge in [0.2, 0.25) is 0 Å². The molecule has 1 heterocycles. The van der Waals surface area contributed by atoms with E-state index in [1.165, 1.54) is 25.5 Å². The number of benzene rings is 4. The van der Waals surface area contributed by atoms with Crippen molar-refractivity contribution in [3.05, 3.63) is 131 Å². The first-order valence-corrected chi connectivity index (χ1v) is 14.7. The highest BCUT2D eigenvalue weighted by atomic mass is 16.6. The van der Waals surface area contributed by atoms with E-state index >= 15 is 0 Å². The van der Waals surface area contributed by atoms with E-state index in [1.54, 1.807) is 17.0 Å². The summed E-state index contributed by atoms with van der Waals surface area (Å²) in [6, 6.07) is 31.3. The number of unbranched alkanes of at least 4 members (excludes halogenated alkanes) is 1. The van der Waals surface area contributed by atoms with Crippen molar-refractivity contribution >= 4 is 22.8 Å². The number of esters is 1. The lowest BCUT2D eigenvalue weighted by molar-refractivity contribution is -0.142. The molecular formula is C37H35N3O4. The van der Waals surface area contributed by atoms with E-state index in [9.17, 15) is 9.59 Å². The molecule has 7 heteroatoms. The second-order valence-electron chi connectivity index (χ2n) is 10.5. The van der Waals surface area contributed by atoms with Crippen molar-refractivity contribution in [2.24, 2.45) is 0 Å². The molecule has 0 aliphatic rings. The van der Waals surface area contributed by atoms with Crippen LogP contribution in [-0.2, 0) is 29.0 Å². The molecule has 0 radical (unpaired) electrons. The maximum Gasteiger partial charge on any atom is 0.343 e. The Morgan fingerprint density at radius 3 is 2.00 bits per heavy atom. The second-order valence-corrected chi connectivity index (χ2v) is 10.5. The number of aromatic amines is 1. The molecule has 1 N–H and O–H groups in total. The van der Waals surface area contributed by atoms with E-state index in [4.69, 9.17) is 4.74 Å². The Hall–Kier alpha value is -5.35. The quantitative estimate of drug-likeness (QED) is 0.138. The van der Waals surface area contributed by atoms with Crippen LogP contribution < -0.4 is 4.74 Å². The van der Waals surface area contributed by atoms with Crippen LogP contribution in [0.1, 0.15) is 58.1 Å². The number of ether oxygens (including phenoxy) is 2. The summed E-state index contributed by atoms with van der Waals surface area (Å²) in [7, 11) is 1.32. The van der Waals surface area contributed by atoms with Gasteiger partial charge in [0.15, 0.2) is 12.3 Å². The van der Waals surface area contributed by atoms with Crippen LogP contribution >= 0.6 is 0 Å². The number of aryl methyl sites for hydroxylation is 1. The normalized spacial score (nSPS) is 10.6. The number of methoxy groups -OCH3 is 1. The molecule has 0 unspecified atom stereocenters. The number of amides is 1. The van der Waals surface area contributed by atoms with Crippen molar-refractivity contribution in [3.8, 4) is 17.6 Å². The molecule has 0 saturated heterocycles. The Bertz CT molecular complexity index is 1760. The third kappa shape index (κ3) is 7.93. The zero-order valence-electron chi connectivity index (χ0n) is 25.0. The molecule has 4 aromatic carbocycles. The molecule has 1 amide bonds. The van der Waals surface area contributed by atoms with E-state index in [2.05, 4.69) is 58.0 Å². The summed E-state index contributed by atoms with van der Waals surface area (Å²) in [5.41, 5.74) is 6.30. The number of hydrogen-bond acceptors (Lipinski definition) is 5. The second kappa shape index (κ2) is 14.7. The lowest BCUT2D eigenvalue weighted by atomic mass is 10.1. The Balaban J connectivity index is 1.32. The molecule has 0 bridgehead atoms. The molecule has 0 aliphatic heterocycles. The highest BCUT2D eigenvalue weighted by Crippen LogP contribution is 2.21. The molecule has 5 aromatic rings. The maximum atomic E-state index is 13.9. The summed E-state index contributed by atoms with van der Waals surface area (Å²) in [6.07, 6.45) is 3.47. The van der Waals surface area contributed by atoms with Crippen molar-refractivity contribution in [2.45, 2.75) is 39.3 Å². The van der Waals surface area contributed by atoms with Gasteiger partial charge in [-0.1, -0.05) is 79.8 Å². The molecule has 1 aromatic heterocycles. The van der Waals surface area contributed by atoms with Crippen molar-refractivity contribution in [2.75, 3.05) is 13.7 Å². The van der Waals surface area contributed by atoms with Crippen molar-refractivity contribution < 1.29 is 19.1 Å². The van der Waals surface area contributed by atoms with Crippen LogP contribution in [0.4, 0.5) is 0 Å². The summed E-state index contributed by atoms with van der Waals surface area (Å²) in [4.78, 5) is 27.0. The van der Waals surface area contributed by atoms with Crippen molar-refractivity contribution in [3.63, 3.8) is 0 Å². The van der Waals surface area contributed by atoms with Crippen LogP contribution in [0.25, 0.3) is 10.9 Å². The number of aromatic nitrogens is 2. The summed E-state index contributed by atoms with van der Waals surface area (Å²) in [5, 5.41) is 8.09. The third-order valence-corrected chi connectivity index (χ3v) is 7.29. The number of rotatable bonds is 11. The first-order chi connectivity index (χ1) is 21.5. The first kappa shape index (κ1) is 30.1. The van der Waals surface area contributed by atoms with Gasteiger partial charge in [0.25, 0.3) is 5.91 Å². The minimum Gasteiger partial charge on any atom is -0.482 e. The van der Waals surface area contributed by atoms with Gasteiger partial charge in [-0.15, -0.1) is 0 Å². The average Bonchev–Trinajstić information content (AvgIpc) is 3.50. The van der Waals surface area contributed by atoms with Gasteiger partial charge in [0, 0.05) is 29.6 Å². The van der Waals surface area contributed by atoms with Crippen LogP contribution in [0.2, 0.25) is 0 Å². The highest BCUT2D eigenvalue weighted by Gasteiger charge is 2.22. The summed E-state index contributed by atoms with van der Waals surface area (Å²) >= 11 is 0. The standard InChI is InChI=1S/C37H35N3O4/c1-3-4-7-27-10-12-28(13-11-27)14-15-29-16-18-30(19-17-29)24-40(37(42)36-33-8-5-6-9-34(33)38-39-36)25-31-20-22-32(23-21-31)44-26-35(41)43-2/h5-6,8-13,16-23H,3-4,7,24-26H2,1-2H3,(H,38,39). The molecule has 0 aliphatic carbocycles. The molecule has 0 saturated carbocycles. The molecule has 0 fully saturated rings. The largest absolute Gasteiger partial charge is 0.482 e. The molecule has 5 rings (SSSR count). The molecule has 44 heavy (non-hydrogen) atoms. The predicted octanol–water partition coefficient (Wildman–Crippen LogP) is 6.70. The fraction of sp³-hybridized carbons (Fsp3) is 0.216.